The second-order valence-corrected chi connectivity index (χ2v) is 11.7. The van der Waals surface area contributed by atoms with E-state index in [0.29, 0.717) is 38.4 Å². The average molecular weight is 592 g/mol. The lowest BCUT2D eigenvalue weighted by molar-refractivity contribution is -0.152. The van der Waals surface area contributed by atoms with E-state index in [1.54, 1.807) is 23.4 Å². The van der Waals surface area contributed by atoms with E-state index >= 15 is 8.78 Å². The third kappa shape index (κ3) is 6.91. The summed E-state index contributed by atoms with van der Waals surface area (Å²) in [7, 11) is 0. The molecule has 8 nitrogen and oxygen atoms in total. The zero-order valence-corrected chi connectivity index (χ0v) is 24.9. The average Bonchev–Trinajstić information content (AvgIpc) is 3.02. The molecule has 0 spiro atoms. The Morgan fingerprint density at radius 1 is 0.977 bits per heavy atom. The van der Waals surface area contributed by atoms with E-state index in [-0.39, 0.29) is 48.3 Å². The molecule has 2 aliphatic rings. The van der Waals surface area contributed by atoms with E-state index in [4.69, 9.17) is 4.74 Å². The standard InChI is InChI=1S/C33H39F2N5O3/c1-21(2)33(42)40-22(3)19-39(30(24-12-16-43-17-13-24)29-26(34)6-4-7-27(29)35)20-28(40)32(41)38-18-23-8-10-25(11-9-23)31-36-14-5-15-37-31/h4-11,14-15,21-22,24,28,30H,12-13,16-20H2,1-3H3,(H,38,41)/t22-,28-,30-/m1/s1. The largest absolute Gasteiger partial charge is 0.381 e. The van der Waals surface area contributed by atoms with Crippen LogP contribution in [0.1, 0.15) is 50.8 Å². The molecule has 0 saturated carbocycles. The molecule has 3 aromatic rings. The maximum absolute atomic E-state index is 15.3. The van der Waals surface area contributed by atoms with Crippen LogP contribution in [-0.4, -0.2) is 70.0 Å². The number of aromatic nitrogens is 2. The Balaban J connectivity index is 1.40. The van der Waals surface area contributed by atoms with E-state index in [1.165, 1.54) is 18.2 Å². The second kappa shape index (κ2) is 13.7. The molecule has 2 aromatic carbocycles. The predicted octanol–water partition coefficient (Wildman–Crippen LogP) is 4.76. The number of nitrogens with one attached hydrogen (secondary N) is 1. The maximum atomic E-state index is 15.3. The van der Waals surface area contributed by atoms with Gasteiger partial charge in [-0.25, -0.2) is 18.7 Å². The van der Waals surface area contributed by atoms with Gasteiger partial charge in [-0.05, 0) is 49.4 Å². The molecular formula is C33H39F2N5O3. The van der Waals surface area contributed by atoms with Gasteiger partial charge in [-0.3, -0.25) is 14.5 Å². The van der Waals surface area contributed by atoms with Crippen LogP contribution in [0.15, 0.2) is 60.9 Å². The van der Waals surface area contributed by atoms with Gasteiger partial charge in [0.2, 0.25) is 11.8 Å². The quantitative estimate of drug-likeness (QED) is 0.407. The van der Waals surface area contributed by atoms with Crippen molar-refractivity contribution in [3.05, 3.63) is 83.7 Å². The van der Waals surface area contributed by atoms with Crippen LogP contribution in [0, 0.1) is 23.5 Å². The van der Waals surface area contributed by atoms with Gasteiger partial charge in [-0.1, -0.05) is 44.2 Å². The number of piperazine rings is 1. The number of hydrogen-bond acceptors (Lipinski definition) is 6. The number of hydrogen-bond donors (Lipinski definition) is 1. The molecular weight excluding hydrogens is 552 g/mol. The minimum atomic E-state index is -0.826. The summed E-state index contributed by atoms with van der Waals surface area (Å²) in [5.74, 6) is -1.39. The van der Waals surface area contributed by atoms with Gasteiger partial charge in [0.05, 0.1) is 0 Å². The van der Waals surface area contributed by atoms with Crippen LogP contribution in [0.5, 0.6) is 0 Å². The Morgan fingerprint density at radius 2 is 1.63 bits per heavy atom. The van der Waals surface area contributed by atoms with E-state index in [2.05, 4.69) is 15.3 Å². The van der Waals surface area contributed by atoms with Crippen LogP contribution in [0.2, 0.25) is 0 Å². The monoisotopic (exact) mass is 591 g/mol. The summed E-state index contributed by atoms with van der Waals surface area (Å²) in [4.78, 5) is 39.4. The molecule has 0 bridgehead atoms. The number of benzene rings is 2. The van der Waals surface area contributed by atoms with Gasteiger partial charge >= 0.3 is 0 Å². The molecule has 2 amide bonds. The number of carbonyl (C=O) groups excluding carboxylic acids is 2. The predicted molar refractivity (Wildman–Crippen MR) is 158 cm³/mol. The van der Waals surface area contributed by atoms with Crippen molar-refractivity contribution < 1.29 is 23.1 Å². The molecule has 3 atom stereocenters. The summed E-state index contributed by atoms with van der Waals surface area (Å²) in [6.45, 7) is 7.36. The van der Waals surface area contributed by atoms with Crippen molar-refractivity contribution in [2.24, 2.45) is 11.8 Å². The van der Waals surface area contributed by atoms with Crippen molar-refractivity contribution in [2.45, 2.75) is 58.3 Å². The number of nitrogens with zero attached hydrogens (tertiary/aromatic N) is 4. The Bertz CT molecular complexity index is 1380. The zero-order chi connectivity index (χ0) is 30.5. The highest BCUT2D eigenvalue weighted by atomic mass is 19.1. The minimum absolute atomic E-state index is 0.0203. The van der Waals surface area contributed by atoms with Crippen LogP contribution in [-0.2, 0) is 20.9 Å². The molecule has 2 saturated heterocycles. The summed E-state index contributed by atoms with van der Waals surface area (Å²) >= 11 is 0. The first-order chi connectivity index (χ1) is 20.7. The molecule has 2 fully saturated rings. The summed E-state index contributed by atoms with van der Waals surface area (Å²) in [6.07, 6.45) is 4.67. The van der Waals surface area contributed by atoms with Gasteiger partial charge in [0.1, 0.15) is 17.7 Å². The summed E-state index contributed by atoms with van der Waals surface area (Å²) in [5.41, 5.74) is 1.76. The Morgan fingerprint density at radius 3 is 2.26 bits per heavy atom. The Hall–Kier alpha value is -3.76. The molecule has 228 valence electrons. The van der Waals surface area contributed by atoms with Crippen LogP contribution in [0.25, 0.3) is 11.4 Å². The van der Waals surface area contributed by atoms with Gasteiger partial charge in [-0.2, -0.15) is 0 Å². The lowest BCUT2D eigenvalue weighted by Gasteiger charge is -2.49. The summed E-state index contributed by atoms with van der Waals surface area (Å²) < 4.78 is 36.1. The molecule has 43 heavy (non-hydrogen) atoms. The lowest BCUT2D eigenvalue weighted by atomic mass is 9.84. The van der Waals surface area contributed by atoms with Crippen LogP contribution in [0.4, 0.5) is 8.78 Å². The number of rotatable bonds is 8. The Kier molecular flexibility index (Phi) is 9.77. The molecule has 5 rings (SSSR count). The molecule has 0 aliphatic carbocycles. The fourth-order valence-corrected chi connectivity index (χ4v) is 6.29. The van der Waals surface area contributed by atoms with Gasteiger partial charge < -0.3 is 15.0 Å². The van der Waals surface area contributed by atoms with Crippen molar-refractivity contribution in [3.63, 3.8) is 0 Å². The van der Waals surface area contributed by atoms with E-state index in [0.717, 1.165) is 11.1 Å². The van der Waals surface area contributed by atoms with Crippen molar-refractivity contribution in [1.29, 1.82) is 0 Å². The number of halogens is 2. The Labute approximate surface area is 251 Å². The maximum Gasteiger partial charge on any atom is 0.244 e. The molecule has 2 aliphatic heterocycles. The fourth-order valence-electron chi connectivity index (χ4n) is 6.29. The second-order valence-electron chi connectivity index (χ2n) is 11.7. The van der Waals surface area contributed by atoms with E-state index in [9.17, 15) is 9.59 Å². The van der Waals surface area contributed by atoms with Crippen LogP contribution >= 0.6 is 0 Å². The van der Waals surface area contributed by atoms with Crippen molar-refractivity contribution in [3.8, 4) is 11.4 Å². The highest BCUT2D eigenvalue weighted by Gasteiger charge is 2.44. The fraction of sp³-hybridized carbons (Fsp3) is 0.455. The highest BCUT2D eigenvalue weighted by molar-refractivity contribution is 5.89. The normalized spacial score (nSPS) is 20.7. The minimum Gasteiger partial charge on any atom is -0.381 e. The third-order valence-electron chi connectivity index (χ3n) is 8.41. The summed E-state index contributed by atoms with van der Waals surface area (Å²) in [5, 5.41) is 3.01. The first kappa shape index (κ1) is 30.7. The first-order valence-corrected chi connectivity index (χ1v) is 15.0. The lowest BCUT2D eigenvalue weighted by Crippen LogP contribution is -2.65. The first-order valence-electron chi connectivity index (χ1n) is 15.0. The number of carbonyl (C=O) groups is 2. The van der Waals surface area contributed by atoms with E-state index < -0.39 is 23.7 Å². The highest BCUT2D eigenvalue weighted by Crippen LogP contribution is 2.39. The van der Waals surface area contributed by atoms with Crippen molar-refractivity contribution in [1.82, 2.24) is 25.1 Å². The molecule has 1 aromatic heterocycles. The number of amides is 2. The van der Waals surface area contributed by atoms with E-state index in [1.807, 2.05) is 49.9 Å². The molecule has 3 heterocycles. The van der Waals surface area contributed by atoms with Gasteiger partial charge in [-0.15, -0.1) is 0 Å². The number of ether oxygens (including phenoxy) is 1. The third-order valence-corrected chi connectivity index (χ3v) is 8.41. The van der Waals surface area contributed by atoms with Crippen LogP contribution < -0.4 is 5.32 Å². The molecule has 1 N–H and O–H groups in total. The SMILES string of the molecule is CC(C)C(=O)N1[C@H](C)CN([C@@H](c2c(F)cccc2F)C2CCOCC2)C[C@@H]1C(=O)NCc1ccc(-c2ncccn2)cc1. The smallest absolute Gasteiger partial charge is 0.244 e. The van der Waals surface area contributed by atoms with Gasteiger partial charge in [0, 0.05) is 74.4 Å². The topological polar surface area (TPSA) is 87.7 Å². The summed E-state index contributed by atoms with van der Waals surface area (Å²) in [6, 6.07) is 11.5. The van der Waals surface area contributed by atoms with Gasteiger partial charge in [0.15, 0.2) is 5.82 Å². The molecule has 0 unspecified atom stereocenters. The van der Waals surface area contributed by atoms with Crippen molar-refractivity contribution >= 4 is 11.8 Å². The molecule has 0 radical (unpaired) electrons. The zero-order valence-electron chi connectivity index (χ0n) is 24.9. The van der Waals surface area contributed by atoms with Crippen molar-refractivity contribution in [2.75, 3.05) is 26.3 Å². The molecule has 10 heteroatoms. The van der Waals surface area contributed by atoms with Gasteiger partial charge in [0.25, 0.3) is 0 Å². The van der Waals surface area contributed by atoms with Crippen LogP contribution in [0.3, 0.4) is 0 Å².